The molecule has 0 bridgehead atoms. The van der Waals surface area contributed by atoms with E-state index in [2.05, 4.69) is 26.0 Å². The number of allylic oxidation sites excluding steroid dienone is 2. The van der Waals surface area contributed by atoms with Crippen molar-refractivity contribution in [3.8, 4) is 0 Å². The third-order valence-corrected chi connectivity index (χ3v) is 4.63. The van der Waals surface area contributed by atoms with Gasteiger partial charge in [-0.05, 0) is 23.6 Å². The third-order valence-electron chi connectivity index (χ3n) is 3.22. The number of carbonyl (C=O) groups is 1. The Morgan fingerprint density at radius 3 is 2.81 bits per heavy atom. The van der Waals surface area contributed by atoms with E-state index in [1.54, 1.807) is 43.7 Å². The maximum absolute atomic E-state index is 11.7. The lowest BCUT2D eigenvalue weighted by molar-refractivity contribution is -0.124. The van der Waals surface area contributed by atoms with E-state index in [1.807, 2.05) is 17.5 Å². The van der Waals surface area contributed by atoms with E-state index in [0.29, 0.717) is 29.5 Å². The highest BCUT2D eigenvalue weighted by molar-refractivity contribution is 7.09. The van der Waals surface area contributed by atoms with E-state index in [0.717, 1.165) is 11.7 Å². The van der Waals surface area contributed by atoms with Crippen molar-refractivity contribution in [2.45, 2.75) is 6.54 Å². The van der Waals surface area contributed by atoms with Gasteiger partial charge in [0.05, 0.1) is 24.9 Å². The van der Waals surface area contributed by atoms with E-state index in [1.165, 1.54) is 9.78 Å². The number of likely N-dealkylation sites (N-methyl/N-ethyl adjacent to an activating group) is 1. The SMILES string of the molecule is C=C(/C=C\C=C(/CO)Nc1nsnc1NCc1cccs1)C(=O)N(C)C. The van der Waals surface area contributed by atoms with Crippen molar-refractivity contribution in [1.82, 2.24) is 13.6 Å². The molecule has 0 aliphatic heterocycles. The van der Waals surface area contributed by atoms with Crippen LogP contribution in [0.1, 0.15) is 4.88 Å². The van der Waals surface area contributed by atoms with Crippen LogP contribution in [0, 0.1) is 0 Å². The number of aliphatic hydroxyl groups is 1. The Balaban J connectivity index is 1.98. The van der Waals surface area contributed by atoms with Gasteiger partial charge < -0.3 is 20.6 Å². The van der Waals surface area contributed by atoms with Crippen LogP contribution in [0.5, 0.6) is 0 Å². The fourth-order valence-electron chi connectivity index (χ4n) is 1.90. The molecule has 0 atom stereocenters. The molecule has 0 fully saturated rings. The summed E-state index contributed by atoms with van der Waals surface area (Å²) >= 11 is 2.74. The molecule has 0 spiro atoms. The fraction of sp³-hybridized carbons (Fsp3) is 0.235. The monoisotopic (exact) mass is 391 g/mol. The van der Waals surface area contributed by atoms with Crippen LogP contribution < -0.4 is 10.6 Å². The molecule has 2 aromatic heterocycles. The molecule has 3 N–H and O–H groups in total. The molecule has 26 heavy (non-hydrogen) atoms. The van der Waals surface area contributed by atoms with Gasteiger partial charge in [0, 0.05) is 30.2 Å². The standard InChI is InChI=1S/C17H21N5O2S2/c1-12(17(24)22(2)3)6-4-7-13(11-23)19-16-15(20-26-21-16)18-10-14-8-5-9-25-14/h4-9,23H,1,10-11H2,2-3H3,(H,18,20)(H,19,21)/b6-4-,13-7+. The molecule has 0 aliphatic carbocycles. The first-order valence-corrected chi connectivity index (χ1v) is 9.36. The Kier molecular flexibility index (Phi) is 7.52. The molecule has 0 saturated carbocycles. The lowest BCUT2D eigenvalue weighted by atomic mass is 10.2. The van der Waals surface area contributed by atoms with Gasteiger partial charge in [0.15, 0.2) is 11.6 Å². The van der Waals surface area contributed by atoms with Crippen LogP contribution in [-0.4, -0.2) is 45.4 Å². The summed E-state index contributed by atoms with van der Waals surface area (Å²) in [5, 5.41) is 17.8. The maximum atomic E-state index is 11.7. The smallest absolute Gasteiger partial charge is 0.252 e. The molecule has 0 aliphatic rings. The van der Waals surface area contributed by atoms with Gasteiger partial charge in [-0.15, -0.1) is 11.3 Å². The van der Waals surface area contributed by atoms with Gasteiger partial charge in [0.25, 0.3) is 5.91 Å². The number of hydrogen-bond donors (Lipinski definition) is 3. The molecule has 1 amide bonds. The van der Waals surface area contributed by atoms with Crippen LogP contribution in [0.4, 0.5) is 11.6 Å². The average molecular weight is 392 g/mol. The number of aromatic nitrogens is 2. The highest BCUT2D eigenvalue weighted by Gasteiger charge is 2.09. The van der Waals surface area contributed by atoms with Crippen molar-refractivity contribution < 1.29 is 9.90 Å². The summed E-state index contributed by atoms with van der Waals surface area (Å²) in [6.07, 6.45) is 4.91. The number of aliphatic hydroxyl groups excluding tert-OH is 1. The highest BCUT2D eigenvalue weighted by Crippen LogP contribution is 2.21. The fourth-order valence-corrected chi connectivity index (χ4v) is 3.03. The van der Waals surface area contributed by atoms with Crippen molar-refractivity contribution in [3.63, 3.8) is 0 Å². The maximum Gasteiger partial charge on any atom is 0.252 e. The average Bonchev–Trinajstić information content (AvgIpc) is 3.29. The number of rotatable bonds is 9. The second-order valence-corrected chi connectivity index (χ2v) is 7.01. The van der Waals surface area contributed by atoms with Gasteiger partial charge in [0.2, 0.25) is 0 Å². The van der Waals surface area contributed by atoms with Gasteiger partial charge in [0.1, 0.15) is 0 Å². The minimum atomic E-state index is -0.208. The molecule has 2 rings (SSSR count). The van der Waals surface area contributed by atoms with E-state index >= 15 is 0 Å². The molecule has 7 nitrogen and oxygen atoms in total. The number of anilines is 2. The molecular weight excluding hydrogens is 370 g/mol. The minimum absolute atomic E-state index is 0.170. The van der Waals surface area contributed by atoms with Crippen LogP contribution in [0.3, 0.4) is 0 Å². The molecule has 2 aromatic rings. The molecule has 0 radical (unpaired) electrons. The zero-order chi connectivity index (χ0) is 18.9. The largest absolute Gasteiger partial charge is 0.390 e. The van der Waals surface area contributed by atoms with E-state index in [-0.39, 0.29) is 12.5 Å². The van der Waals surface area contributed by atoms with Crippen molar-refractivity contribution in [2.75, 3.05) is 31.3 Å². The summed E-state index contributed by atoms with van der Waals surface area (Å²) in [5.74, 6) is 0.999. The van der Waals surface area contributed by atoms with Gasteiger partial charge in [-0.3, -0.25) is 4.79 Å². The Hall–Kier alpha value is -2.49. The van der Waals surface area contributed by atoms with Crippen LogP contribution in [0.2, 0.25) is 0 Å². The number of amides is 1. The molecule has 0 unspecified atom stereocenters. The Morgan fingerprint density at radius 1 is 1.38 bits per heavy atom. The normalized spacial score (nSPS) is 11.6. The van der Waals surface area contributed by atoms with Gasteiger partial charge in [-0.2, -0.15) is 8.75 Å². The number of nitrogens with one attached hydrogen (secondary N) is 2. The lowest BCUT2D eigenvalue weighted by Crippen LogP contribution is -2.22. The summed E-state index contributed by atoms with van der Waals surface area (Å²) in [6, 6.07) is 4.03. The minimum Gasteiger partial charge on any atom is -0.390 e. The van der Waals surface area contributed by atoms with E-state index < -0.39 is 0 Å². The summed E-state index contributed by atoms with van der Waals surface area (Å²) in [4.78, 5) is 14.4. The summed E-state index contributed by atoms with van der Waals surface area (Å²) < 4.78 is 8.43. The van der Waals surface area contributed by atoms with Crippen molar-refractivity contribution in [2.24, 2.45) is 0 Å². The van der Waals surface area contributed by atoms with Crippen LogP contribution in [0.25, 0.3) is 0 Å². The first-order valence-electron chi connectivity index (χ1n) is 7.75. The quantitative estimate of drug-likeness (QED) is 0.450. The van der Waals surface area contributed by atoms with Crippen LogP contribution in [-0.2, 0) is 11.3 Å². The number of carbonyl (C=O) groups excluding carboxylic acids is 1. The zero-order valence-corrected chi connectivity index (χ0v) is 16.2. The highest BCUT2D eigenvalue weighted by atomic mass is 32.1. The Bertz CT molecular complexity index is 794. The van der Waals surface area contributed by atoms with Gasteiger partial charge in [-0.25, -0.2) is 0 Å². The number of thiophene rings is 1. The van der Waals surface area contributed by atoms with E-state index in [9.17, 15) is 9.90 Å². The first-order chi connectivity index (χ1) is 12.5. The number of nitrogens with zero attached hydrogens (tertiary/aromatic N) is 3. The second kappa shape index (κ2) is 9.85. The zero-order valence-electron chi connectivity index (χ0n) is 14.6. The molecule has 138 valence electrons. The predicted octanol–water partition coefficient (Wildman–Crippen LogP) is 2.70. The van der Waals surface area contributed by atoms with Crippen molar-refractivity contribution >= 4 is 40.6 Å². The third kappa shape index (κ3) is 5.80. The Morgan fingerprint density at radius 2 is 2.15 bits per heavy atom. The molecule has 2 heterocycles. The molecule has 9 heteroatoms. The second-order valence-electron chi connectivity index (χ2n) is 5.45. The van der Waals surface area contributed by atoms with Gasteiger partial charge >= 0.3 is 0 Å². The summed E-state index contributed by atoms with van der Waals surface area (Å²) in [6.45, 7) is 4.16. The lowest BCUT2D eigenvalue weighted by Gasteiger charge is -2.09. The molecule has 0 saturated heterocycles. The summed E-state index contributed by atoms with van der Waals surface area (Å²) in [7, 11) is 3.33. The van der Waals surface area contributed by atoms with Crippen molar-refractivity contribution in [1.29, 1.82) is 0 Å². The molecular formula is C17H21N5O2S2. The molecule has 0 aromatic carbocycles. The van der Waals surface area contributed by atoms with Gasteiger partial charge in [-0.1, -0.05) is 18.7 Å². The predicted molar refractivity (Wildman–Crippen MR) is 107 cm³/mol. The number of hydrogen-bond acceptors (Lipinski definition) is 8. The van der Waals surface area contributed by atoms with Crippen molar-refractivity contribution in [3.05, 3.63) is 58.5 Å². The Labute approximate surface area is 160 Å². The summed E-state index contributed by atoms with van der Waals surface area (Å²) in [5.41, 5.74) is 0.885. The van der Waals surface area contributed by atoms with E-state index in [4.69, 9.17) is 0 Å². The topological polar surface area (TPSA) is 90.4 Å². The van der Waals surface area contributed by atoms with Crippen LogP contribution in [0.15, 0.2) is 53.6 Å². The first kappa shape index (κ1) is 19.8. The van der Waals surface area contributed by atoms with Crippen LogP contribution >= 0.6 is 23.1 Å².